The summed E-state index contributed by atoms with van der Waals surface area (Å²) in [6.07, 6.45) is 0. The van der Waals surface area contributed by atoms with Gasteiger partial charge in [0.2, 0.25) is 0 Å². The molecule has 122 valence electrons. The molecule has 0 spiro atoms. The van der Waals surface area contributed by atoms with E-state index in [1.807, 2.05) is 0 Å². The van der Waals surface area contributed by atoms with Gasteiger partial charge in [-0.25, -0.2) is 4.79 Å². The molecule has 0 fully saturated rings. The quantitative estimate of drug-likeness (QED) is 0.342. The van der Waals surface area contributed by atoms with E-state index in [9.17, 15) is 14.3 Å². The van der Waals surface area contributed by atoms with Gasteiger partial charge in [0.15, 0.2) is 12.1 Å². The topological polar surface area (TPSA) is 94.4 Å². The molecular formula is C12H14Cl2NO6P. The Morgan fingerprint density at radius 2 is 2.09 bits per heavy atom. The molecule has 1 N–H and O–H groups in total. The molecular weight excluding hydrogens is 356 g/mol. The van der Waals surface area contributed by atoms with Gasteiger partial charge in [0.05, 0.1) is 11.6 Å². The molecule has 1 rings (SSSR count). The number of hydrogen-bond donors (Lipinski definition) is 1. The van der Waals surface area contributed by atoms with Gasteiger partial charge in [0.1, 0.15) is 5.75 Å². The number of carbonyl (C=O) groups is 1. The van der Waals surface area contributed by atoms with Gasteiger partial charge < -0.3 is 19.0 Å². The van der Waals surface area contributed by atoms with E-state index in [1.54, 1.807) is 13.0 Å². The number of nitrogens with zero attached hydrogens (tertiary/aromatic N) is 1. The Bertz CT molecular complexity index is 622. The van der Waals surface area contributed by atoms with Crippen LogP contribution in [-0.4, -0.2) is 29.5 Å². The van der Waals surface area contributed by atoms with Crippen molar-refractivity contribution in [2.45, 2.75) is 13.8 Å². The average molecular weight is 370 g/mol. The van der Waals surface area contributed by atoms with Crippen LogP contribution in [-0.2, 0) is 18.7 Å². The zero-order valence-corrected chi connectivity index (χ0v) is 14.2. The van der Waals surface area contributed by atoms with Crippen molar-refractivity contribution in [3.63, 3.8) is 0 Å². The third-order valence-corrected chi connectivity index (χ3v) is 4.27. The molecule has 0 aliphatic heterocycles. The van der Waals surface area contributed by atoms with Crippen molar-refractivity contribution < 1.29 is 28.4 Å². The summed E-state index contributed by atoms with van der Waals surface area (Å²) in [4.78, 5) is 25.3. The zero-order valence-electron chi connectivity index (χ0n) is 11.8. The molecule has 1 aromatic carbocycles. The monoisotopic (exact) mass is 369 g/mol. The molecule has 0 aliphatic carbocycles. The van der Waals surface area contributed by atoms with Gasteiger partial charge in [-0.1, -0.05) is 28.4 Å². The third kappa shape index (κ3) is 5.94. The van der Waals surface area contributed by atoms with Crippen molar-refractivity contribution in [3.8, 4) is 5.75 Å². The first-order chi connectivity index (χ1) is 10.3. The minimum absolute atomic E-state index is 0.0206. The van der Waals surface area contributed by atoms with Gasteiger partial charge in [-0.3, -0.25) is 4.57 Å². The van der Waals surface area contributed by atoms with E-state index < -0.39 is 20.2 Å². The molecule has 0 saturated carbocycles. The Hall–Kier alpha value is -1.11. The maximum atomic E-state index is 11.5. The fraction of sp³-hybridized carbons (Fsp3) is 0.333. The fourth-order valence-corrected chi connectivity index (χ4v) is 2.34. The van der Waals surface area contributed by atoms with Crippen molar-refractivity contribution in [2.24, 2.45) is 5.16 Å². The lowest BCUT2D eigenvalue weighted by molar-refractivity contribution is -0.145. The van der Waals surface area contributed by atoms with Crippen LogP contribution in [0.25, 0.3) is 0 Å². The van der Waals surface area contributed by atoms with Crippen molar-refractivity contribution in [3.05, 3.63) is 28.2 Å². The van der Waals surface area contributed by atoms with E-state index in [-0.39, 0.29) is 22.8 Å². The highest BCUT2D eigenvalue weighted by atomic mass is 35.5. The maximum Gasteiger partial charge on any atom is 0.375 e. The lowest BCUT2D eigenvalue weighted by atomic mass is 10.3. The zero-order chi connectivity index (χ0) is 16.8. The molecule has 1 atom stereocenters. The minimum atomic E-state index is -4.03. The van der Waals surface area contributed by atoms with E-state index >= 15 is 0 Å². The molecule has 1 aromatic rings. The summed E-state index contributed by atoms with van der Waals surface area (Å²) in [5.74, 6) is -0.632. The van der Waals surface area contributed by atoms with Gasteiger partial charge in [-0.05, 0) is 32.0 Å². The number of benzene rings is 1. The Kier molecular flexibility index (Phi) is 7.32. The number of rotatable bonds is 7. The smallest absolute Gasteiger partial charge is 0.375 e. The molecule has 0 amide bonds. The highest BCUT2D eigenvalue weighted by Crippen LogP contribution is 2.43. The number of oxime groups is 1. The second-order valence-electron chi connectivity index (χ2n) is 3.90. The Morgan fingerprint density at radius 3 is 2.68 bits per heavy atom. The van der Waals surface area contributed by atoms with E-state index in [2.05, 4.69) is 14.5 Å². The summed E-state index contributed by atoms with van der Waals surface area (Å²) in [6, 6.07) is 4.49. The van der Waals surface area contributed by atoms with Gasteiger partial charge in [-0.2, -0.15) is 0 Å². The second kappa shape index (κ2) is 8.50. The van der Waals surface area contributed by atoms with Crippen LogP contribution in [0, 0.1) is 0 Å². The van der Waals surface area contributed by atoms with E-state index in [0.717, 1.165) is 0 Å². The van der Waals surface area contributed by atoms with Gasteiger partial charge in [0, 0.05) is 5.02 Å². The van der Waals surface area contributed by atoms with Crippen LogP contribution < -0.4 is 4.74 Å². The first-order valence-corrected chi connectivity index (χ1v) is 8.39. The summed E-state index contributed by atoms with van der Waals surface area (Å²) >= 11 is 11.6. The van der Waals surface area contributed by atoms with Crippen molar-refractivity contribution in [1.29, 1.82) is 0 Å². The second-order valence-corrected chi connectivity index (χ2v) is 6.69. The molecule has 0 aromatic heterocycles. The minimum Gasteiger partial charge on any atom is -0.480 e. The predicted octanol–water partition coefficient (Wildman–Crippen LogP) is 3.47. The van der Waals surface area contributed by atoms with E-state index in [1.165, 1.54) is 19.1 Å². The van der Waals surface area contributed by atoms with Gasteiger partial charge >= 0.3 is 13.6 Å². The summed E-state index contributed by atoms with van der Waals surface area (Å²) < 4.78 is 21.3. The van der Waals surface area contributed by atoms with Gasteiger partial charge in [0.25, 0.3) is 0 Å². The third-order valence-electron chi connectivity index (χ3n) is 2.23. The predicted molar refractivity (Wildman–Crippen MR) is 82.6 cm³/mol. The Balaban J connectivity index is 2.55. The molecule has 1 unspecified atom stereocenters. The Labute approximate surface area is 137 Å². The van der Waals surface area contributed by atoms with Crippen LogP contribution >= 0.6 is 30.8 Å². The SMILES string of the molecule is CCOP(=O)(O)C(C)=NOC(=O)COc1ccc(Cl)cc1Cl. The molecule has 22 heavy (non-hydrogen) atoms. The van der Waals surface area contributed by atoms with Crippen LogP contribution in [0.2, 0.25) is 10.0 Å². The molecule has 0 radical (unpaired) electrons. The first kappa shape index (κ1) is 18.9. The lowest BCUT2D eigenvalue weighted by Crippen LogP contribution is -2.13. The number of ether oxygens (including phenoxy) is 1. The average Bonchev–Trinajstić information content (AvgIpc) is 2.43. The number of hydrogen-bond acceptors (Lipinski definition) is 6. The first-order valence-electron chi connectivity index (χ1n) is 6.06. The lowest BCUT2D eigenvalue weighted by Gasteiger charge is -2.09. The standard InChI is InChI=1S/C12H14Cl2NO6P/c1-3-20-22(17,18)8(2)15-21-12(16)7-19-11-5-4-9(13)6-10(11)14/h4-6H,3,7H2,1-2H3,(H,17,18). The van der Waals surface area contributed by atoms with E-state index in [0.29, 0.717) is 5.02 Å². The number of halogens is 2. The Morgan fingerprint density at radius 1 is 1.41 bits per heavy atom. The van der Waals surface area contributed by atoms with Gasteiger partial charge in [-0.15, -0.1) is 0 Å². The summed E-state index contributed by atoms with van der Waals surface area (Å²) in [5.41, 5.74) is -0.341. The summed E-state index contributed by atoms with van der Waals surface area (Å²) in [7, 11) is -4.03. The highest BCUT2D eigenvalue weighted by molar-refractivity contribution is 7.71. The van der Waals surface area contributed by atoms with Crippen molar-refractivity contribution >= 4 is 42.2 Å². The molecule has 0 saturated heterocycles. The van der Waals surface area contributed by atoms with Crippen LogP contribution in [0.15, 0.2) is 23.4 Å². The molecule has 0 aliphatic rings. The van der Waals surface area contributed by atoms with Crippen molar-refractivity contribution in [1.82, 2.24) is 0 Å². The molecule has 0 heterocycles. The maximum absolute atomic E-state index is 11.5. The summed E-state index contributed by atoms with van der Waals surface area (Å²) in [6.45, 7) is 2.29. The van der Waals surface area contributed by atoms with E-state index in [4.69, 9.17) is 27.9 Å². The normalized spacial score (nSPS) is 14.3. The van der Waals surface area contributed by atoms with Crippen molar-refractivity contribution in [2.75, 3.05) is 13.2 Å². The van der Waals surface area contributed by atoms with Crippen LogP contribution in [0.5, 0.6) is 5.75 Å². The fourth-order valence-electron chi connectivity index (χ4n) is 1.19. The number of carbonyl (C=O) groups excluding carboxylic acids is 1. The highest BCUT2D eigenvalue weighted by Gasteiger charge is 2.24. The van der Waals surface area contributed by atoms with Crippen LogP contribution in [0.1, 0.15) is 13.8 Å². The van der Waals surface area contributed by atoms with Crippen LogP contribution in [0.3, 0.4) is 0 Å². The van der Waals surface area contributed by atoms with Crippen LogP contribution in [0.4, 0.5) is 0 Å². The molecule has 0 bridgehead atoms. The molecule has 7 nitrogen and oxygen atoms in total. The summed E-state index contributed by atoms with van der Waals surface area (Å²) in [5, 5.41) is 3.92. The largest absolute Gasteiger partial charge is 0.480 e. The molecule has 10 heteroatoms.